The van der Waals surface area contributed by atoms with E-state index in [1.54, 1.807) is 6.20 Å². The van der Waals surface area contributed by atoms with E-state index in [0.29, 0.717) is 11.6 Å². The summed E-state index contributed by atoms with van der Waals surface area (Å²) in [5.74, 6) is 0.698. The highest BCUT2D eigenvalue weighted by Crippen LogP contribution is 2.36. The van der Waals surface area contributed by atoms with Crippen LogP contribution in [-0.2, 0) is 0 Å². The van der Waals surface area contributed by atoms with Crippen LogP contribution >= 0.6 is 0 Å². The molecule has 2 heterocycles. The lowest BCUT2D eigenvalue weighted by atomic mass is 9.93. The van der Waals surface area contributed by atoms with Gasteiger partial charge in [-0.3, -0.25) is 4.99 Å². The molecule has 0 bridgehead atoms. The molecule has 3 nitrogen and oxygen atoms in total. The number of aromatic nitrogens is 1. The van der Waals surface area contributed by atoms with Gasteiger partial charge in [0, 0.05) is 35.8 Å². The summed E-state index contributed by atoms with van der Waals surface area (Å²) >= 11 is 0. The van der Waals surface area contributed by atoms with Crippen LogP contribution in [0, 0.1) is 6.92 Å². The van der Waals surface area contributed by atoms with Crippen molar-refractivity contribution in [2.24, 2.45) is 4.99 Å². The minimum Gasteiger partial charge on any atom is -0.437 e. The third-order valence-electron chi connectivity index (χ3n) is 6.85. The Morgan fingerprint density at radius 3 is 2.70 bits per heavy atom. The summed E-state index contributed by atoms with van der Waals surface area (Å²) in [7, 11) is 1.83. The molecule has 0 spiro atoms. The summed E-state index contributed by atoms with van der Waals surface area (Å²) in [5.41, 5.74) is 8.87. The number of hydrogen-bond acceptors (Lipinski definition) is 3. The van der Waals surface area contributed by atoms with Crippen molar-refractivity contribution in [3.63, 3.8) is 0 Å². The van der Waals surface area contributed by atoms with Crippen molar-refractivity contribution in [2.45, 2.75) is 45.4 Å². The summed E-state index contributed by atoms with van der Waals surface area (Å²) in [4.78, 5) is 8.75. The first-order valence-electron chi connectivity index (χ1n) is 11.8. The fourth-order valence-corrected chi connectivity index (χ4v) is 5.15. The minimum absolute atomic E-state index is 0.685. The van der Waals surface area contributed by atoms with Crippen LogP contribution in [0.5, 0.6) is 0 Å². The maximum atomic E-state index is 6.20. The molecule has 1 aliphatic rings. The first-order valence-corrected chi connectivity index (χ1v) is 11.8. The van der Waals surface area contributed by atoms with Crippen LogP contribution in [0.1, 0.15) is 60.8 Å². The number of aryl methyl sites for hydroxylation is 1. The van der Waals surface area contributed by atoms with Gasteiger partial charge in [-0.05, 0) is 72.6 Å². The molecule has 1 aliphatic carbocycles. The Morgan fingerprint density at radius 2 is 1.88 bits per heavy atom. The Kier molecular flexibility index (Phi) is 5.95. The first kappa shape index (κ1) is 21.4. The van der Waals surface area contributed by atoms with Crippen LogP contribution in [0.4, 0.5) is 0 Å². The summed E-state index contributed by atoms with van der Waals surface area (Å²) in [6, 6.07) is 17.3. The van der Waals surface area contributed by atoms with Gasteiger partial charge in [-0.1, -0.05) is 61.4 Å². The SMILES string of the molecule is C/N=C/C(=C\C=C(/C)c1c(C)ccc2c1oc1ncccc12)c1cccc(C2CCCC2)c1. The van der Waals surface area contributed by atoms with Crippen LogP contribution in [0.2, 0.25) is 0 Å². The molecule has 1 fully saturated rings. The Hall–Kier alpha value is -3.46. The third-order valence-corrected chi connectivity index (χ3v) is 6.85. The Morgan fingerprint density at radius 1 is 1.03 bits per heavy atom. The van der Waals surface area contributed by atoms with Crippen molar-refractivity contribution in [3.8, 4) is 0 Å². The highest BCUT2D eigenvalue weighted by molar-refractivity contribution is 6.11. The lowest BCUT2D eigenvalue weighted by Gasteiger charge is -2.12. The van der Waals surface area contributed by atoms with Gasteiger partial charge < -0.3 is 4.42 Å². The minimum atomic E-state index is 0.685. The van der Waals surface area contributed by atoms with Gasteiger partial charge in [0.15, 0.2) is 0 Å². The number of pyridine rings is 1. The normalized spacial score (nSPS) is 16.0. The summed E-state index contributed by atoms with van der Waals surface area (Å²) < 4.78 is 6.20. The quantitative estimate of drug-likeness (QED) is 0.235. The summed E-state index contributed by atoms with van der Waals surface area (Å²) in [5, 5.41) is 2.16. The second-order valence-electron chi connectivity index (χ2n) is 9.06. The number of benzene rings is 2. The van der Waals surface area contributed by atoms with Crippen molar-refractivity contribution in [2.75, 3.05) is 7.05 Å². The van der Waals surface area contributed by atoms with Crippen LogP contribution in [0.25, 0.3) is 33.2 Å². The lowest BCUT2D eigenvalue weighted by molar-refractivity contribution is 0.652. The monoisotopic (exact) mass is 434 g/mol. The summed E-state index contributed by atoms with van der Waals surface area (Å²) in [6.07, 6.45) is 13.4. The molecule has 0 atom stereocenters. The fourth-order valence-electron chi connectivity index (χ4n) is 5.15. The van der Waals surface area contributed by atoms with E-state index in [2.05, 4.69) is 78.4 Å². The van der Waals surface area contributed by atoms with Gasteiger partial charge in [0.1, 0.15) is 5.58 Å². The highest BCUT2D eigenvalue weighted by atomic mass is 16.3. The smallest absolute Gasteiger partial charge is 0.227 e. The molecule has 33 heavy (non-hydrogen) atoms. The first-order chi connectivity index (χ1) is 16.2. The molecule has 0 aliphatic heterocycles. The molecule has 166 valence electrons. The van der Waals surface area contributed by atoms with E-state index < -0.39 is 0 Å². The zero-order valence-electron chi connectivity index (χ0n) is 19.6. The number of aliphatic imine (C=N–C) groups is 1. The van der Waals surface area contributed by atoms with Crippen LogP contribution in [-0.4, -0.2) is 18.2 Å². The van der Waals surface area contributed by atoms with Gasteiger partial charge in [-0.15, -0.1) is 0 Å². The van der Waals surface area contributed by atoms with E-state index in [1.165, 1.54) is 42.4 Å². The van der Waals surface area contributed by atoms with Gasteiger partial charge in [0.2, 0.25) is 5.71 Å². The number of fused-ring (bicyclic) bond motifs is 3. The average molecular weight is 435 g/mol. The summed E-state index contributed by atoms with van der Waals surface area (Å²) in [6.45, 7) is 4.28. The molecule has 1 saturated carbocycles. The van der Waals surface area contributed by atoms with Crippen molar-refractivity contribution < 1.29 is 4.42 Å². The van der Waals surface area contributed by atoms with Crippen LogP contribution < -0.4 is 0 Å². The third kappa shape index (κ3) is 4.16. The zero-order chi connectivity index (χ0) is 22.8. The number of nitrogens with zero attached hydrogens (tertiary/aromatic N) is 2. The van der Waals surface area contributed by atoms with Crippen molar-refractivity contribution in [1.82, 2.24) is 4.98 Å². The molecular formula is C30H30N2O. The number of rotatable bonds is 5. The number of hydrogen-bond donors (Lipinski definition) is 0. The van der Waals surface area contributed by atoms with Crippen LogP contribution in [0.15, 0.2) is 76.3 Å². The molecule has 0 N–H and O–H groups in total. The van der Waals surface area contributed by atoms with Gasteiger partial charge >= 0.3 is 0 Å². The molecule has 0 radical (unpaired) electrons. The molecule has 0 unspecified atom stereocenters. The predicted molar refractivity (Wildman–Crippen MR) is 140 cm³/mol. The van der Waals surface area contributed by atoms with Crippen molar-refractivity contribution in [1.29, 1.82) is 0 Å². The lowest BCUT2D eigenvalue weighted by Crippen LogP contribution is -1.94. The van der Waals surface area contributed by atoms with Crippen molar-refractivity contribution in [3.05, 3.63) is 89.1 Å². The van der Waals surface area contributed by atoms with E-state index in [1.807, 2.05) is 19.3 Å². The molecule has 0 saturated heterocycles. The van der Waals surface area contributed by atoms with E-state index in [0.717, 1.165) is 33.1 Å². The largest absolute Gasteiger partial charge is 0.437 e. The Labute approximate surface area is 195 Å². The molecular weight excluding hydrogens is 404 g/mol. The van der Waals surface area contributed by atoms with Crippen LogP contribution in [0.3, 0.4) is 0 Å². The number of furan rings is 1. The number of allylic oxidation sites excluding steroid dienone is 4. The van der Waals surface area contributed by atoms with E-state index in [4.69, 9.17) is 4.42 Å². The Bertz CT molecular complexity index is 1400. The maximum Gasteiger partial charge on any atom is 0.227 e. The molecule has 4 aromatic rings. The molecule has 0 amide bonds. The molecule has 3 heteroatoms. The molecule has 5 rings (SSSR count). The standard InChI is InChI=1S/C30H30N2O/c1-20(28-21(2)14-16-26-27-12-7-17-32-30(27)33-29(26)28)13-15-25(19-31-3)24-11-6-10-23(18-24)22-8-4-5-9-22/h6-7,10-19,22H,4-5,8-9H2,1-3H3/b20-13+,25-15+,31-19+. The second-order valence-corrected chi connectivity index (χ2v) is 9.06. The van der Waals surface area contributed by atoms with Crippen molar-refractivity contribution >= 4 is 39.4 Å². The zero-order valence-corrected chi connectivity index (χ0v) is 19.6. The van der Waals surface area contributed by atoms with E-state index in [9.17, 15) is 0 Å². The molecule has 2 aromatic carbocycles. The van der Waals surface area contributed by atoms with Gasteiger partial charge in [-0.25, -0.2) is 4.98 Å². The van der Waals surface area contributed by atoms with Gasteiger partial charge in [-0.2, -0.15) is 0 Å². The van der Waals surface area contributed by atoms with Gasteiger partial charge in [0.25, 0.3) is 0 Å². The van der Waals surface area contributed by atoms with E-state index in [-0.39, 0.29) is 0 Å². The Balaban J connectivity index is 1.56. The maximum absolute atomic E-state index is 6.20. The average Bonchev–Trinajstić information content (AvgIpc) is 3.50. The molecule has 2 aromatic heterocycles. The van der Waals surface area contributed by atoms with E-state index >= 15 is 0 Å². The predicted octanol–water partition coefficient (Wildman–Crippen LogP) is 8.13. The fraction of sp³-hybridized carbons (Fsp3) is 0.267. The highest BCUT2D eigenvalue weighted by Gasteiger charge is 2.17. The van der Waals surface area contributed by atoms with Gasteiger partial charge in [0.05, 0.1) is 0 Å². The second kappa shape index (κ2) is 9.19. The topological polar surface area (TPSA) is 38.4 Å².